The molecule has 0 aliphatic carbocycles. The summed E-state index contributed by atoms with van der Waals surface area (Å²) in [5, 5.41) is 3.27. The Bertz CT molecular complexity index is 309. The molecule has 0 saturated carbocycles. The Hall–Kier alpha value is -0.300. The first-order valence-electron chi connectivity index (χ1n) is 7.26. The quantitative estimate of drug-likeness (QED) is 0.772. The van der Waals surface area contributed by atoms with Crippen LogP contribution in [0, 0.1) is 0 Å². The first kappa shape index (κ1) is 13.7. The van der Waals surface area contributed by atoms with Gasteiger partial charge in [0.05, 0.1) is 6.04 Å². The third-order valence-corrected chi connectivity index (χ3v) is 5.29. The molecule has 3 rings (SSSR count). The molecule has 1 amide bonds. The van der Waals surface area contributed by atoms with Gasteiger partial charge in [-0.3, -0.25) is 15.0 Å². The second-order valence-electron chi connectivity index (χ2n) is 5.48. The molecule has 3 aliphatic heterocycles. The maximum absolute atomic E-state index is 12.3. The van der Waals surface area contributed by atoms with Crippen LogP contribution in [0.1, 0.15) is 12.8 Å². The van der Waals surface area contributed by atoms with Gasteiger partial charge < -0.3 is 9.64 Å². The van der Waals surface area contributed by atoms with Gasteiger partial charge in [-0.15, -0.1) is 11.8 Å². The summed E-state index contributed by atoms with van der Waals surface area (Å²) in [7, 11) is 0. The summed E-state index contributed by atoms with van der Waals surface area (Å²) < 4.78 is 5.42. The van der Waals surface area contributed by atoms with Gasteiger partial charge in [0.1, 0.15) is 0 Å². The van der Waals surface area contributed by atoms with Crippen LogP contribution in [0.15, 0.2) is 0 Å². The van der Waals surface area contributed by atoms with Crippen LogP contribution in [0.4, 0.5) is 0 Å². The van der Waals surface area contributed by atoms with Crippen molar-refractivity contribution >= 4 is 17.7 Å². The van der Waals surface area contributed by atoms with Crippen LogP contribution in [0.5, 0.6) is 0 Å². The summed E-state index contributed by atoms with van der Waals surface area (Å²) in [6.45, 7) is 5.62. The fraction of sp³-hybridized carbons (Fsp3) is 0.923. The topological polar surface area (TPSA) is 44.8 Å². The fourth-order valence-electron chi connectivity index (χ4n) is 3.13. The van der Waals surface area contributed by atoms with Gasteiger partial charge in [0.25, 0.3) is 0 Å². The molecule has 19 heavy (non-hydrogen) atoms. The predicted molar refractivity (Wildman–Crippen MR) is 76.2 cm³/mol. The summed E-state index contributed by atoms with van der Waals surface area (Å²) in [4.78, 5) is 16.9. The summed E-state index contributed by atoms with van der Waals surface area (Å²) in [6, 6.07) is 0.728. The first-order valence-corrected chi connectivity index (χ1v) is 8.42. The number of carbonyl (C=O) groups is 1. The lowest BCUT2D eigenvalue weighted by atomic mass is 10.1. The predicted octanol–water partition coefficient (Wildman–Crippen LogP) is -0.0279. The van der Waals surface area contributed by atoms with Gasteiger partial charge in [0.15, 0.2) is 0 Å². The van der Waals surface area contributed by atoms with Gasteiger partial charge in [-0.2, -0.15) is 0 Å². The average molecular weight is 285 g/mol. The van der Waals surface area contributed by atoms with Crippen molar-refractivity contribution in [2.75, 3.05) is 51.0 Å². The zero-order valence-electron chi connectivity index (χ0n) is 11.3. The fourth-order valence-corrected chi connectivity index (χ4v) is 4.06. The minimum atomic E-state index is 0.0552. The smallest absolute Gasteiger partial charge is 0.240 e. The van der Waals surface area contributed by atoms with Gasteiger partial charge in [-0.05, 0) is 12.8 Å². The molecule has 5 nitrogen and oxygen atoms in total. The Morgan fingerprint density at radius 2 is 1.89 bits per heavy atom. The van der Waals surface area contributed by atoms with Crippen molar-refractivity contribution in [1.82, 2.24) is 15.1 Å². The van der Waals surface area contributed by atoms with Crippen LogP contribution >= 0.6 is 11.8 Å². The van der Waals surface area contributed by atoms with Crippen molar-refractivity contribution in [3.8, 4) is 0 Å². The van der Waals surface area contributed by atoms with Crippen LogP contribution < -0.4 is 5.32 Å². The second kappa shape index (κ2) is 6.43. The van der Waals surface area contributed by atoms with Crippen LogP contribution in [0.25, 0.3) is 0 Å². The molecule has 3 saturated heterocycles. The number of rotatable bonds is 2. The third kappa shape index (κ3) is 3.24. The number of hydrogen-bond acceptors (Lipinski definition) is 5. The number of thioether (sulfide) groups is 1. The van der Waals surface area contributed by atoms with E-state index >= 15 is 0 Å². The van der Waals surface area contributed by atoms with E-state index in [0.717, 1.165) is 63.9 Å². The summed E-state index contributed by atoms with van der Waals surface area (Å²) in [5.41, 5.74) is 0. The normalized spacial score (nSPS) is 30.7. The molecule has 108 valence electrons. The molecule has 0 radical (unpaired) electrons. The molecular weight excluding hydrogens is 262 g/mol. The molecule has 3 heterocycles. The number of hydrogen-bond donors (Lipinski definition) is 1. The SMILES string of the molecule is O=C(C1CSCN1)N1CCN(C2CCOCC2)CC1. The third-order valence-electron chi connectivity index (χ3n) is 4.35. The summed E-state index contributed by atoms with van der Waals surface area (Å²) >= 11 is 1.81. The number of ether oxygens (including phenoxy) is 1. The highest BCUT2D eigenvalue weighted by Crippen LogP contribution is 2.18. The van der Waals surface area contributed by atoms with E-state index < -0.39 is 0 Å². The van der Waals surface area contributed by atoms with Crippen molar-refractivity contribution in [3.63, 3.8) is 0 Å². The number of piperazine rings is 1. The Labute approximate surface area is 119 Å². The Balaban J connectivity index is 1.47. The summed E-state index contributed by atoms with van der Waals surface area (Å²) in [5.74, 6) is 2.15. The Kier molecular flexibility index (Phi) is 4.63. The number of carbonyl (C=O) groups excluding carboxylic acids is 1. The van der Waals surface area contributed by atoms with Crippen molar-refractivity contribution in [1.29, 1.82) is 0 Å². The van der Waals surface area contributed by atoms with E-state index in [1.165, 1.54) is 0 Å². The zero-order valence-corrected chi connectivity index (χ0v) is 12.2. The van der Waals surface area contributed by atoms with E-state index in [-0.39, 0.29) is 6.04 Å². The lowest BCUT2D eigenvalue weighted by Crippen LogP contribution is -2.56. The highest BCUT2D eigenvalue weighted by atomic mass is 32.2. The molecule has 0 spiro atoms. The van der Waals surface area contributed by atoms with Gasteiger partial charge in [0, 0.05) is 57.1 Å². The molecule has 1 N–H and O–H groups in total. The molecule has 0 aromatic rings. The van der Waals surface area contributed by atoms with Gasteiger partial charge >= 0.3 is 0 Å². The van der Waals surface area contributed by atoms with Crippen molar-refractivity contribution < 1.29 is 9.53 Å². The maximum Gasteiger partial charge on any atom is 0.240 e. The van der Waals surface area contributed by atoms with Crippen LogP contribution in [-0.4, -0.2) is 78.8 Å². The monoisotopic (exact) mass is 285 g/mol. The first-order chi connectivity index (χ1) is 9.34. The molecule has 6 heteroatoms. The highest BCUT2D eigenvalue weighted by Gasteiger charge is 2.31. The van der Waals surface area contributed by atoms with Crippen LogP contribution in [0.3, 0.4) is 0 Å². The standard InChI is InChI=1S/C13H23N3O2S/c17-13(12-9-19-10-14-12)16-5-3-15(4-6-16)11-1-7-18-8-2-11/h11-12,14H,1-10H2. The van der Waals surface area contributed by atoms with Crippen molar-refractivity contribution in [3.05, 3.63) is 0 Å². The van der Waals surface area contributed by atoms with Crippen LogP contribution in [-0.2, 0) is 9.53 Å². The highest BCUT2D eigenvalue weighted by molar-refractivity contribution is 7.99. The molecule has 1 unspecified atom stereocenters. The Morgan fingerprint density at radius 3 is 2.53 bits per heavy atom. The average Bonchev–Trinajstić information content (AvgIpc) is 3.02. The number of amides is 1. The minimum Gasteiger partial charge on any atom is -0.381 e. The lowest BCUT2D eigenvalue weighted by molar-refractivity contribution is -0.135. The van der Waals surface area contributed by atoms with E-state index in [4.69, 9.17) is 4.74 Å². The van der Waals surface area contributed by atoms with Gasteiger partial charge in [0.2, 0.25) is 5.91 Å². The minimum absolute atomic E-state index is 0.0552. The molecule has 0 bridgehead atoms. The lowest BCUT2D eigenvalue weighted by Gasteiger charge is -2.41. The van der Waals surface area contributed by atoms with Crippen molar-refractivity contribution in [2.45, 2.75) is 24.9 Å². The largest absolute Gasteiger partial charge is 0.381 e. The number of nitrogens with one attached hydrogen (secondary N) is 1. The Morgan fingerprint density at radius 1 is 1.16 bits per heavy atom. The molecule has 1 atom stereocenters. The van der Waals surface area contributed by atoms with E-state index in [9.17, 15) is 4.79 Å². The van der Waals surface area contributed by atoms with Crippen LogP contribution in [0.2, 0.25) is 0 Å². The maximum atomic E-state index is 12.3. The van der Waals surface area contributed by atoms with E-state index in [1.54, 1.807) is 0 Å². The van der Waals surface area contributed by atoms with Gasteiger partial charge in [-0.1, -0.05) is 0 Å². The van der Waals surface area contributed by atoms with E-state index in [2.05, 4.69) is 10.2 Å². The molecule has 0 aromatic carbocycles. The van der Waals surface area contributed by atoms with E-state index in [0.29, 0.717) is 11.9 Å². The molecule has 3 fully saturated rings. The number of nitrogens with zero attached hydrogens (tertiary/aromatic N) is 2. The molecular formula is C13H23N3O2S. The second-order valence-corrected chi connectivity index (χ2v) is 6.51. The zero-order chi connectivity index (χ0) is 13.1. The van der Waals surface area contributed by atoms with Gasteiger partial charge in [-0.25, -0.2) is 0 Å². The molecule has 0 aromatic heterocycles. The van der Waals surface area contributed by atoms with E-state index in [1.807, 2.05) is 16.7 Å². The summed E-state index contributed by atoms with van der Waals surface area (Å²) in [6.07, 6.45) is 2.30. The van der Waals surface area contributed by atoms with Crippen molar-refractivity contribution in [2.24, 2.45) is 0 Å². The molecule has 3 aliphatic rings.